The van der Waals surface area contributed by atoms with Crippen molar-refractivity contribution in [2.45, 2.75) is 0 Å². The number of amides is 1. The number of fused-ring (bicyclic) bond motifs is 1. The number of carbonyl (C=O) groups excluding carboxylic acids is 1. The number of hydrogen-bond donors (Lipinski definition) is 2. The molecule has 3 nitrogen and oxygen atoms in total. The summed E-state index contributed by atoms with van der Waals surface area (Å²) >= 11 is 1.29. The Morgan fingerprint density at radius 1 is 1.09 bits per heavy atom. The van der Waals surface area contributed by atoms with E-state index in [1.165, 1.54) is 11.3 Å². The van der Waals surface area contributed by atoms with Crippen LogP contribution in [0.4, 0.5) is 0 Å². The summed E-state index contributed by atoms with van der Waals surface area (Å²) in [4.78, 5) is 12.6. The van der Waals surface area contributed by atoms with Gasteiger partial charge in [0.05, 0.1) is 0 Å². The second-order valence-corrected chi connectivity index (χ2v) is 5.98. The number of thiophene rings is 1. The molecule has 2 aromatic carbocycles. The summed E-state index contributed by atoms with van der Waals surface area (Å²) in [5.74, 6) is -0.237. The first-order valence-electron chi connectivity index (χ1n) is 6.88. The van der Waals surface area contributed by atoms with Gasteiger partial charge in [-0.05, 0) is 23.3 Å². The Balaban J connectivity index is 1.74. The van der Waals surface area contributed by atoms with Gasteiger partial charge in [-0.1, -0.05) is 49.0 Å². The van der Waals surface area contributed by atoms with Crippen molar-refractivity contribution < 1.29 is 9.90 Å². The second kappa shape index (κ2) is 6.03. The quantitative estimate of drug-likeness (QED) is 0.764. The van der Waals surface area contributed by atoms with Gasteiger partial charge in [-0.15, -0.1) is 11.3 Å². The topological polar surface area (TPSA) is 49.3 Å². The number of benzene rings is 2. The van der Waals surface area contributed by atoms with E-state index in [0.29, 0.717) is 16.8 Å². The van der Waals surface area contributed by atoms with Crippen molar-refractivity contribution in [3.8, 4) is 5.75 Å². The summed E-state index contributed by atoms with van der Waals surface area (Å²) in [6.45, 7) is 4.33. The molecule has 0 aliphatic heterocycles. The lowest BCUT2D eigenvalue weighted by atomic mass is 10.1. The average molecular weight is 309 g/mol. The van der Waals surface area contributed by atoms with Gasteiger partial charge in [0, 0.05) is 16.6 Å². The maximum atomic E-state index is 12.3. The van der Waals surface area contributed by atoms with Crippen LogP contribution >= 0.6 is 11.3 Å². The van der Waals surface area contributed by atoms with E-state index >= 15 is 0 Å². The molecule has 110 valence electrons. The maximum absolute atomic E-state index is 12.3. The van der Waals surface area contributed by atoms with Crippen LogP contribution in [0.15, 0.2) is 61.2 Å². The van der Waals surface area contributed by atoms with Gasteiger partial charge in [0.15, 0.2) is 0 Å². The molecule has 0 saturated carbocycles. The molecule has 1 heterocycles. The fourth-order valence-corrected chi connectivity index (χ4v) is 3.24. The summed E-state index contributed by atoms with van der Waals surface area (Å²) < 4.78 is 0.895. The fraction of sp³-hybridized carbons (Fsp3) is 0.0556. The lowest BCUT2D eigenvalue weighted by Gasteiger charge is -2.07. The van der Waals surface area contributed by atoms with Gasteiger partial charge in [0.1, 0.15) is 10.6 Å². The Bertz CT molecular complexity index is 837. The summed E-state index contributed by atoms with van der Waals surface area (Å²) in [7, 11) is 0. The highest BCUT2D eigenvalue weighted by Gasteiger charge is 2.17. The summed E-state index contributed by atoms with van der Waals surface area (Å²) in [6.07, 6.45) is 0. The van der Waals surface area contributed by atoms with Crippen LogP contribution in [0.5, 0.6) is 5.75 Å². The third-order valence-corrected chi connectivity index (χ3v) is 4.58. The Kier molecular flexibility index (Phi) is 3.94. The molecule has 1 amide bonds. The number of rotatable bonds is 4. The highest BCUT2D eigenvalue weighted by Crippen LogP contribution is 2.36. The van der Waals surface area contributed by atoms with Crippen molar-refractivity contribution in [2.24, 2.45) is 0 Å². The number of hydrogen-bond acceptors (Lipinski definition) is 3. The third kappa shape index (κ3) is 2.73. The standard InChI is InChI=1S/C18H15NO2S/c1-12(13-7-3-2-4-8-13)11-19-18(21)17-16(20)14-9-5-6-10-15(14)22-17/h2-10,20H,1,11H2,(H,19,21). The summed E-state index contributed by atoms with van der Waals surface area (Å²) in [5, 5.41) is 13.7. The molecule has 0 radical (unpaired) electrons. The van der Waals surface area contributed by atoms with Gasteiger partial charge in [-0.25, -0.2) is 0 Å². The zero-order chi connectivity index (χ0) is 15.5. The lowest BCUT2D eigenvalue weighted by Crippen LogP contribution is -2.24. The SMILES string of the molecule is C=C(CNC(=O)c1sc2ccccc2c1O)c1ccccc1. The maximum Gasteiger partial charge on any atom is 0.265 e. The molecule has 22 heavy (non-hydrogen) atoms. The van der Waals surface area contributed by atoms with Gasteiger partial charge in [-0.3, -0.25) is 4.79 Å². The van der Waals surface area contributed by atoms with E-state index in [0.717, 1.165) is 15.8 Å². The molecule has 3 rings (SSSR count). The van der Waals surface area contributed by atoms with Gasteiger partial charge < -0.3 is 10.4 Å². The fourth-order valence-electron chi connectivity index (χ4n) is 2.23. The van der Waals surface area contributed by atoms with Crippen LogP contribution in [0.1, 0.15) is 15.2 Å². The number of aromatic hydroxyl groups is 1. The van der Waals surface area contributed by atoms with Crippen LogP contribution in [0.3, 0.4) is 0 Å². The summed E-state index contributed by atoms with van der Waals surface area (Å²) in [5.41, 5.74) is 1.82. The van der Waals surface area contributed by atoms with Gasteiger partial charge in [-0.2, -0.15) is 0 Å². The Morgan fingerprint density at radius 3 is 2.50 bits per heavy atom. The second-order valence-electron chi connectivity index (χ2n) is 4.93. The van der Waals surface area contributed by atoms with Crippen molar-refractivity contribution in [3.05, 3.63) is 71.6 Å². The van der Waals surface area contributed by atoms with Crippen molar-refractivity contribution in [1.82, 2.24) is 5.32 Å². The first-order chi connectivity index (χ1) is 10.7. The monoisotopic (exact) mass is 309 g/mol. The molecule has 0 unspecified atom stereocenters. The number of nitrogens with one attached hydrogen (secondary N) is 1. The molecule has 0 aliphatic rings. The normalized spacial score (nSPS) is 10.5. The first kappa shape index (κ1) is 14.4. The lowest BCUT2D eigenvalue weighted by molar-refractivity contribution is 0.0960. The van der Waals surface area contributed by atoms with E-state index in [2.05, 4.69) is 11.9 Å². The van der Waals surface area contributed by atoms with Crippen LogP contribution in [-0.2, 0) is 0 Å². The third-order valence-electron chi connectivity index (χ3n) is 3.42. The first-order valence-corrected chi connectivity index (χ1v) is 7.70. The number of carbonyl (C=O) groups is 1. The zero-order valence-corrected chi connectivity index (χ0v) is 12.7. The molecule has 1 aromatic heterocycles. The van der Waals surface area contributed by atoms with Crippen LogP contribution < -0.4 is 5.32 Å². The zero-order valence-electron chi connectivity index (χ0n) is 11.9. The van der Waals surface area contributed by atoms with Gasteiger partial charge in [0.25, 0.3) is 5.91 Å². The van der Waals surface area contributed by atoms with E-state index < -0.39 is 0 Å². The molecule has 0 aliphatic carbocycles. The summed E-state index contributed by atoms with van der Waals surface area (Å²) in [6, 6.07) is 17.1. The van der Waals surface area contributed by atoms with E-state index in [1.54, 1.807) is 6.07 Å². The molecule has 0 spiro atoms. The van der Waals surface area contributed by atoms with Crippen LogP contribution in [0, 0.1) is 0 Å². The van der Waals surface area contributed by atoms with Crippen molar-refractivity contribution in [1.29, 1.82) is 0 Å². The van der Waals surface area contributed by atoms with Crippen LogP contribution in [-0.4, -0.2) is 17.6 Å². The van der Waals surface area contributed by atoms with E-state index in [4.69, 9.17) is 0 Å². The molecule has 4 heteroatoms. The van der Waals surface area contributed by atoms with Crippen molar-refractivity contribution in [3.63, 3.8) is 0 Å². The molecular formula is C18H15NO2S. The predicted octanol–water partition coefficient (Wildman–Crippen LogP) is 4.05. The Labute approximate surface area is 132 Å². The van der Waals surface area contributed by atoms with Crippen LogP contribution in [0.25, 0.3) is 15.7 Å². The average Bonchev–Trinajstić information content (AvgIpc) is 2.90. The van der Waals surface area contributed by atoms with Crippen molar-refractivity contribution >= 4 is 32.9 Å². The highest BCUT2D eigenvalue weighted by atomic mass is 32.1. The highest BCUT2D eigenvalue weighted by molar-refractivity contribution is 7.21. The van der Waals surface area contributed by atoms with Crippen LogP contribution in [0.2, 0.25) is 0 Å². The predicted molar refractivity (Wildman–Crippen MR) is 91.3 cm³/mol. The Morgan fingerprint density at radius 2 is 1.77 bits per heavy atom. The molecule has 0 fully saturated rings. The molecule has 2 N–H and O–H groups in total. The minimum absolute atomic E-state index is 0.0448. The molecule has 0 bridgehead atoms. The molecule has 0 saturated heterocycles. The molecular weight excluding hydrogens is 294 g/mol. The molecule has 0 atom stereocenters. The van der Waals surface area contributed by atoms with Gasteiger partial charge in [0.2, 0.25) is 0 Å². The van der Waals surface area contributed by atoms with E-state index in [-0.39, 0.29) is 11.7 Å². The smallest absolute Gasteiger partial charge is 0.265 e. The molecule has 3 aromatic rings. The van der Waals surface area contributed by atoms with E-state index in [1.807, 2.05) is 48.5 Å². The minimum Gasteiger partial charge on any atom is -0.506 e. The van der Waals surface area contributed by atoms with Crippen molar-refractivity contribution in [2.75, 3.05) is 6.54 Å². The van der Waals surface area contributed by atoms with Gasteiger partial charge >= 0.3 is 0 Å². The largest absolute Gasteiger partial charge is 0.506 e. The minimum atomic E-state index is -0.282. The Hall–Kier alpha value is -2.59. The van der Waals surface area contributed by atoms with E-state index in [9.17, 15) is 9.90 Å².